The van der Waals surface area contributed by atoms with Crippen molar-refractivity contribution >= 4 is 33.3 Å². The average molecular weight is 320 g/mol. The Morgan fingerprint density at radius 2 is 2.00 bits per heavy atom. The molecule has 2 aromatic rings. The summed E-state index contributed by atoms with van der Waals surface area (Å²) in [4.78, 5) is 16.3. The summed E-state index contributed by atoms with van der Waals surface area (Å²) in [6, 6.07) is 10.7. The predicted molar refractivity (Wildman–Crippen MR) is 80.1 cm³/mol. The first kappa shape index (κ1) is 13.5. The third-order valence-corrected chi connectivity index (χ3v) is 3.15. The molecular formula is C14H14BrN3O. The number of nitrogens with one attached hydrogen (secondary N) is 1. The van der Waals surface area contributed by atoms with Crippen molar-refractivity contribution in [2.75, 3.05) is 11.1 Å². The van der Waals surface area contributed by atoms with Gasteiger partial charge in [-0.05, 0) is 42.8 Å². The molecule has 0 aliphatic heterocycles. The number of hydrogen-bond donors (Lipinski definition) is 2. The van der Waals surface area contributed by atoms with Crippen LogP contribution in [0.4, 0.5) is 11.5 Å². The van der Waals surface area contributed by atoms with Crippen LogP contribution in [-0.4, -0.2) is 10.9 Å². The van der Waals surface area contributed by atoms with Gasteiger partial charge in [0.15, 0.2) is 0 Å². The summed E-state index contributed by atoms with van der Waals surface area (Å²) in [6.45, 7) is 1.97. The predicted octanol–water partition coefficient (Wildman–Crippen LogP) is 3.24. The lowest BCUT2D eigenvalue weighted by molar-refractivity contribution is 0.102. The number of amides is 1. The van der Waals surface area contributed by atoms with Gasteiger partial charge in [0, 0.05) is 21.4 Å². The Morgan fingerprint density at radius 1 is 1.32 bits per heavy atom. The molecule has 4 nitrogen and oxygen atoms in total. The number of benzene rings is 1. The van der Waals surface area contributed by atoms with Gasteiger partial charge in [0.1, 0.15) is 5.82 Å². The topological polar surface area (TPSA) is 68.0 Å². The number of anilines is 2. The summed E-state index contributed by atoms with van der Waals surface area (Å²) in [5.74, 6) is 0.173. The fraction of sp³-hybridized carbons (Fsp3) is 0.143. The van der Waals surface area contributed by atoms with E-state index in [9.17, 15) is 4.79 Å². The number of aryl methyl sites for hydroxylation is 1. The highest BCUT2D eigenvalue weighted by Gasteiger charge is 2.08. The lowest BCUT2D eigenvalue weighted by atomic mass is 10.1. The molecule has 1 amide bonds. The van der Waals surface area contributed by atoms with E-state index in [1.165, 1.54) is 0 Å². The number of nitrogens with zero attached hydrogens (tertiary/aromatic N) is 1. The zero-order chi connectivity index (χ0) is 13.8. The molecular weight excluding hydrogens is 306 g/mol. The second-order valence-corrected chi connectivity index (χ2v) is 5.00. The first-order chi connectivity index (χ1) is 9.08. The van der Waals surface area contributed by atoms with Crippen molar-refractivity contribution in [2.24, 2.45) is 0 Å². The van der Waals surface area contributed by atoms with Gasteiger partial charge in [-0.2, -0.15) is 0 Å². The monoisotopic (exact) mass is 319 g/mol. The van der Waals surface area contributed by atoms with Crippen molar-refractivity contribution < 1.29 is 4.79 Å². The van der Waals surface area contributed by atoms with Crippen molar-refractivity contribution in [3.8, 4) is 0 Å². The van der Waals surface area contributed by atoms with Gasteiger partial charge >= 0.3 is 0 Å². The summed E-state index contributed by atoms with van der Waals surface area (Å²) in [5, 5.41) is 2.82. The van der Waals surface area contributed by atoms with Crippen LogP contribution in [-0.2, 0) is 6.42 Å². The molecule has 0 radical (unpaired) electrons. The van der Waals surface area contributed by atoms with Crippen molar-refractivity contribution in [1.82, 2.24) is 4.98 Å². The molecule has 0 fully saturated rings. The van der Waals surface area contributed by atoms with Crippen LogP contribution < -0.4 is 11.1 Å². The van der Waals surface area contributed by atoms with Crippen molar-refractivity contribution in [2.45, 2.75) is 13.3 Å². The van der Waals surface area contributed by atoms with E-state index in [1.807, 2.05) is 31.2 Å². The van der Waals surface area contributed by atoms with Crippen LogP contribution in [0.2, 0.25) is 0 Å². The standard InChI is InChI=1S/C14H14BrN3O/c1-2-11-7-9(8-13(16)17-11)14(19)18-12-5-3-10(15)4-6-12/h3-8H,2H2,1H3,(H2,16,17)(H,18,19). The van der Waals surface area contributed by atoms with Gasteiger partial charge in [0.2, 0.25) is 0 Å². The maximum absolute atomic E-state index is 12.1. The number of pyridine rings is 1. The molecule has 1 aromatic heterocycles. The fourth-order valence-corrected chi connectivity index (χ4v) is 1.92. The van der Waals surface area contributed by atoms with Crippen molar-refractivity contribution in [1.29, 1.82) is 0 Å². The van der Waals surface area contributed by atoms with E-state index in [2.05, 4.69) is 26.2 Å². The van der Waals surface area contributed by atoms with Gasteiger partial charge < -0.3 is 11.1 Å². The molecule has 0 saturated carbocycles. The normalized spacial score (nSPS) is 10.2. The van der Waals surface area contributed by atoms with Crippen LogP contribution in [0.25, 0.3) is 0 Å². The van der Waals surface area contributed by atoms with Crippen LogP contribution in [0.1, 0.15) is 23.0 Å². The number of carbonyl (C=O) groups is 1. The molecule has 1 heterocycles. The smallest absolute Gasteiger partial charge is 0.255 e. The van der Waals surface area contributed by atoms with Gasteiger partial charge in [-0.15, -0.1) is 0 Å². The van der Waals surface area contributed by atoms with E-state index >= 15 is 0 Å². The van der Waals surface area contributed by atoms with E-state index < -0.39 is 0 Å². The molecule has 5 heteroatoms. The second kappa shape index (κ2) is 5.84. The van der Waals surface area contributed by atoms with Crippen LogP contribution in [0, 0.1) is 0 Å². The van der Waals surface area contributed by atoms with Gasteiger partial charge in [0.25, 0.3) is 5.91 Å². The number of rotatable bonds is 3. The Labute approximate surface area is 120 Å². The summed E-state index contributed by atoms with van der Waals surface area (Å²) in [7, 11) is 0. The highest BCUT2D eigenvalue weighted by atomic mass is 79.9. The third-order valence-electron chi connectivity index (χ3n) is 2.62. The molecule has 0 atom stereocenters. The summed E-state index contributed by atoms with van der Waals surface area (Å²) >= 11 is 3.35. The van der Waals surface area contributed by atoms with Crippen molar-refractivity contribution in [3.63, 3.8) is 0 Å². The lowest BCUT2D eigenvalue weighted by Gasteiger charge is -2.07. The molecule has 0 unspecified atom stereocenters. The Morgan fingerprint density at radius 3 is 2.63 bits per heavy atom. The van der Waals surface area contributed by atoms with E-state index in [0.29, 0.717) is 11.4 Å². The Kier molecular flexibility index (Phi) is 4.16. The van der Waals surface area contributed by atoms with E-state index in [4.69, 9.17) is 5.73 Å². The number of hydrogen-bond acceptors (Lipinski definition) is 3. The summed E-state index contributed by atoms with van der Waals surface area (Å²) in [5.41, 5.74) is 7.75. The van der Waals surface area contributed by atoms with Gasteiger partial charge in [-0.1, -0.05) is 22.9 Å². The number of aromatic nitrogens is 1. The number of nitrogens with two attached hydrogens (primary N) is 1. The molecule has 0 saturated heterocycles. The molecule has 0 bridgehead atoms. The second-order valence-electron chi connectivity index (χ2n) is 4.09. The molecule has 98 valence electrons. The van der Waals surface area contributed by atoms with Gasteiger partial charge in [0.05, 0.1) is 0 Å². The zero-order valence-electron chi connectivity index (χ0n) is 10.5. The Balaban J connectivity index is 2.20. The van der Waals surface area contributed by atoms with E-state index in [-0.39, 0.29) is 5.91 Å². The minimum absolute atomic E-state index is 0.189. The lowest BCUT2D eigenvalue weighted by Crippen LogP contribution is -2.13. The molecule has 3 N–H and O–H groups in total. The fourth-order valence-electron chi connectivity index (χ4n) is 1.66. The third kappa shape index (κ3) is 3.54. The average Bonchev–Trinajstić information content (AvgIpc) is 2.40. The Hall–Kier alpha value is -1.88. The molecule has 0 aliphatic rings. The zero-order valence-corrected chi connectivity index (χ0v) is 12.1. The number of halogens is 1. The summed E-state index contributed by atoms with van der Waals surface area (Å²) in [6.07, 6.45) is 0.740. The molecule has 1 aromatic carbocycles. The molecule has 2 rings (SSSR count). The molecule has 0 spiro atoms. The van der Waals surface area contributed by atoms with Crippen molar-refractivity contribution in [3.05, 3.63) is 52.1 Å². The highest BCUT2D eigenvalue weighted by Crippen LogP contribution is 2.16. The Bertz CT molecular complexity index is 596. The maximum Gasteiger partial charge on any atom is 0.255 e. The molecule has 0 aliphatic carbocycles. The highest BCUT2D eigenvalue weighted by molar-refractivity contribution is 9.10. The molecule has 19 heavy (non-hydrogen) atoms. The van der Waals surface area contributed by atoms with Crippen LogP contribution in [0.3, 0.4) is 0 Å². The SMILES string of the molecule is CCc1cc(C(=O)Nc2ccc(Br)cc2)cc(N)n1. The van der Waals surface area contributed by atoms with Crippen LogP contribution in [0.15, 0.2) is 40.9 Å². The first-order valence-electron chi connectivity index (χ1n) is 5.92. The largest absolute Gasteiger partial charge is 0.384 e. The minimum Gasteiger partial charge on any atom is -0.384 e. The first-order valence-corrected chi connectivity index (χ1v) is 6.71. The maximum atomic E-state index is 12.1. The quantitative estimate of drug-likeness (QED) is 0.912. The van der Waals surface area contributed by atoms with Gasteiger partial charge in [-0.25, -0.2) is 4.98 Å². The van der Waals surface area contributed by atoms with E-state index in [0.717, 1.165) is 22.3 Å². The summed E-state index contributed by atoms with van der Waals surface area (Å²) < 4.78 is 0.965. The van der Waals surface area contributed by atoms with E-state index in [1.54, 1.807) is 12.1 Å². The van der Waals surface area contributed by atoms with Crippen LogP contribution in [0.5, 0.6) is 0 Å². The number of carbonyl (C=O) groups excluding carboxylic acids is 1. The van der Waals surface area contributed by atoms with Crippen LogP contribution >= 0.6 is 15.9 Å². The van der Waals surface area contributed by atoms with Gasteiger partial charge in [-0.3, -0.25) is 4.79 Å². The number of nitrogen functional groups attached to an aromatic ring is 1. The minimum atomic E-state index is -0.189.